The molecule has 5 nitrogen and oxygen atoms in total. The van der Waals surface area contributed by atoms with E-state index in [2.05, 4.69) is 15.9 Å². The smallest absolute Gasteiger partial charge is 0.281 e. The van der Waals surface area contributed by atoms with Crippen LogP contribution in [0.5, 0.6) is 5.75 Å². The summed E-state index contributed by atoms with van der Waals surface area (Å²) in [6, 6.07) is 16.6. The Labute approximate surface area is 165 Å². The van der Waals surface area contributed by atoms with Crippen molar-refractivity contribution >= 4 is 50.9 Å². The first kappa shape index (κ1) is 18.1. The summed E-state index contributed by atoms with van der Waals surface area (Å²) in [6.07, 6.45) is 1.72. The number of ether oxygens (including phenoxy) is 1. The zero-order valence-electron chi connectivity index (χ0n) is 13.8. The van der Waals surface area contributed by atoms with Gasteiger partial charge in [0.05, 0.1) is 5.69 Å². The molecule has 2 aromatic rings. The molecule has 0 aromatic heterocycles. The normalized spacial score (nSPS) is 15.5. The Morgan fingerprint density at radius 1 is 1.27 bits per heavy atom. The number of carbonyl (C=O) groups is 1. The molecule has 2 aromatic carbocycles. The molecule has 0 unspecified atom stereocenters. The minimum atomic E-state index is -0.213. The number of hydrogen-bond donors (Lipinski definition) is 0. The van der Waals surface area contributed by atoms with Crippen LogP contribution in [-0.2, 0) is 4.79 Å². The van der Waals surface area contributed by atoms with Crippen molar-refractivity contribution in [2.45, 2.75) is 0 Å². The van der Waals surface area contributed by atoms with Crippen LogP contribution in [0.2, 0.25) is 0 Å². The van der Waals surface area contributed by atoms with E-state index < -0.39 is 0 Å². The Hall–Kier alpha value is -2.69. The Morgan fingerprint density at radius 2 is 2.00 bits per heavy atom. The summed E-state index contributed by atoms with van der Waals surface area (Å²) >= 11 is 8.87. The second kappa shape index (κ2) is 7.68. The van der Waals surface area contributed by atoms with Crippen molar-refractivity contribution in [3.63, 3.8) is 0 Å². The van der Waals surface area contributed by atoms with Gasteiger partial charge in [-0.25, -0.2) is 0 Å². The molecule has 1 aliphatic rings. The number of thiocarbonyl (C=S) groups is 1. The first-order valence-corrected chi connectivity index (χ1v) is 8.91. The van der Waals surface area contributed by atoms with Crippen LogP contribution < -0.4 is 9.64 Å². The van der Waals surface area contributed by atoms with Gasteiger partial charge in [-0.2, -0.15) is 5.26 Å². The van der Waals surface area contributed by atoms with Gasteiger partial charge in [-0.05, 0) is 48.6 Å². The molecule has 0 spiro atoms. The third kappa shape index (κ3) is 3.47. The van der Waals surface area contributed by atoms with Crippen molar-refractivity contribution in [1.29, 1.82) is 5.26 Å². The van der Waals surface area contributed by atoms with Gasteiger partial charge in [-0.3, -0.25) is 9.69 Å². The van der Waals surface area contributed by atoms with Gasteiger partial charge in [0, 0.05) is 17.1 Å². The fourth-order valence-electron chi connectivity index (χ4n) is 2.58. The number of amides is 1. The quantitative estimate of drug-likeness (QED) is 0.545. The maximum Gasteiger partial charge on any atom is 0.281 e. The van der Waals surface area contributed by atoms with Gasteiger partial charge in [0.25, 0.3) is 5.91 Å². The molecule has 130 valence electrons. The van der Waals surface area contributed by atoms with E-state index in [1.807, 2.05) is 48.5 Å². The minimum absolute atomic E-state index is 0.0733. The zero-order chi connectivity index (χ0) is 18.7. The van der Waals surface area contributed by atoms with Gasteiger partial charge in [-0.15, -0.1) is 0 Å². The largest absolute Gasteiger partial charge is 0.478 e. The minimum Gasteiger partial charge on any atom is -0.478 e. The van der Waals surface area contributed by atoms with Gasteiger partial charge in [-0.1, -0.05) is 34.1 Å². The molecule has 1 aliphatic heterocycles. The predicted molar refractivity (Wildman–Crippen MR) is 108 cm³/mol. The maximum absolute atomic E-state index is 13.0. The van der Waals surface area contributed by atoms with Crippen LogP contribution in [0.1, 0.15) is 5.56 Å². The monoisotopic (exact) mass is 427 g/mol. The van der Waals surface area contributed by atoms with Gasteiger partial charge in [0.15, 0.2) is 11.7 Å². The Balaban J connectivity index is 2.02. The predicted octanol–water partition coefficient (Wildman–Crippen LogP) is 3.96. The van der Waals surface area contributed by atoms with E-state index in [9.17, 15) is 4.79 Å². The molecule has 7 heteroatoms. The van der Waals surface area contributed by atoms with Crippen LogP contribution in [0.25, 0.3) is 6.08 Å². The summed E-state index contributed by atoms with van der Waals surface area (Å²) in [6.45, 7) is -0.0733. The lowest BCUT2D eigenvalue weighted by Gasteiger charge is -2.16. The summed E-state index contributed by atoms with van der Waals surface area (Å²) in [5, 5.41) is 9.16. The highest BCUT2D eigenvalue weighted by Gasteiger charge is 2.36. The fourth-order valence-corrected chi connectivity index (χ4v) is 3.25. The molecule has 0 N–H and O–H groups in total. The second-order valence-corrected chi connectivity index (χ2v) is 6.76. The average molecular weight is 428 g/mol. The lowest BCUT2D eigenvalue weighted by molar-refractivity contribution is -0.114. The van der Waals surface area contributed by atoms with Crippen molar-refractivity contribution in [2.24, 2.45) is 0 Å². The number of anilines is 1. The lowest BCUT2D eigenvalue weighted by atomic mass is 10.1. The van der Waals surface area contributed by atoms with Crippen molar-refractivity contribution < 1.29 is 9.53 Å². The Bertz CT molecular complexity index is 938. The van der Waals surface area contributed by atoms with Crippen LogP contribution >= 0.6 is 28.1 Å². The SMILES string of the molecule is CN1C(=S)N(c2ccccc2)C(=O)/C1=C/c1cc(Br)ccc1OCC#N. The summed E-state index contributed by atoms with van der Waals surface area (Å²) in [5.74, 6) is 0.308. The summed E-state index contributed by atoms with van der Waals surface area (Å²) in [4.78, 5) is 16.1. The third-order valence-electron chi connectivity index (χ3n) is 3.83. The average Bonchev–Trinajstić information content (AvgIpc) is 2.85. The molecule has 0 atom stereocenters. The highest BCUT2D eigenvalue weighted by Crippen LogP contribution is 2.31. The molecule has 0 bridgehead atoms. The second-order valence-electron chi connectivity index (χ2n) is 5.48. The number of para-hydroxylation sites is 1. The van der Waals surface area contributed by atoms with Gasteiger partial charge in [0.1, 0.15) is 17.5 Å². The number of benzene rings is 2. The molecule has 26 heavy (non-hydrogen) atoms. The molecule has 1 amide bonds. The highest BCUT2D eigenvalue weighted by molar-refractivity contribution is 9.10. The molecule has 1 heterocycles. The van der Waals surface area contributed by atoms with Crippen LogP contribution in [0.3, 0.4) is 0 Å². The van der Waals surface area contributed by atoms with E-state index in [1.165, 1.54) is 4.90 Å². The van der Waals surface area contributed by atoms with E-state index in [1.54, 1.807) is 24.1 Å². The first-order chi connectivity index (χ1) is 12.5. The van der Waals surface area contributed by atoms with E-state index in [4.69, 9.17) is 22.2 Å². The molecule has 1 saturated heterocycles. The van der Waals surface area contributed by atoms with E-state index in [0.29, 0.717) is 27.8 Å². The van der Waals surface area contributed by atoms with E-state index in [0.717, 1.165) is 4.47 Å². The highest BCUT2D eigenvalue weighted by atomic mass is 79.9. The van der Waals surface area contributed by atoms with Crippen LogP contribution in [0, 0.1) is 11.3 Å². The molecule has 0 saturated carbocycles. The van der Waals surface area contributed by atoms with Crippen molar-refractivity contribution in [3.05, 3.63) is 64.3 Å². The molecule has 0 radical (unpaired) electrons. The lowest BCUT2D eigenvalue weighted by Crippen LogP contribution is -2.30. The summed E-state index contributed by atoms with van der Waals surface area (Å²) < 4.78 is 6.29. The number of rotatable bonds is 4. The Kier molecular flexibility index (Phi) is 5.35. The van der Waals surface area contributed by atoms with Crippen molar-refractivity contribution in [1.82, 2.24) is 4.90 Å². The van der Waals surface area contributed by atoms with Crippen LogP contribution in [-0.4, -0.2) is 29.6 Å². The topological polar surface area (TPSA) is 56.6 Å². The Morgan fingerprint density at radius 3 is 2.69 bits per heavy atom. The number of hydrogen-bond acceptors (Lipinski definition) is 4. The number of likely N-dealkylation sites (N-methyl/N-ethyl adjacent to an activating group) is 1. The molecular formula is C19H14BrN3O2S. The number of halogens is 1. The number of nitriles is 1. The third-order valence-corrected chi connectivity index (χ3v) is 4.78. The van der Waals surface area contributed by atoms with Gasteiger partial charge < -0.3 is 9.64 Å². The standard InChI is InChI=1S/C19H14BrN3O2S/c1-22-16(12-13-11-14(20)7-8-17(13)25-10-9-21)18(24)23(19(22)26)15-5-3-2-4-6-15/h2-8,11-12H,10H2,1H3/b16-12-. The zero-order valence-corrected chi connectivity index (χ0v) is 16.3. The fraction of sp³-hybridized carbons (Fsp3) is 0.105. The molecule has 1 fully saturated rings. The van der Waals surface area contributed by atoms with Crippen LogP contribution in [0.15, 0.2) is 58.7 Å². The summed E-state index contributed by atoms with van der Waals surface area (Å²) in [7, 11) is 1.75. The van der Waals surface area contributed by atoms with Gasteiger partial charge in [0.2, 0.25) is 0 Å². The summed E-state index contributed by atoms with van der Waals surface area (Å²) in [5.41, 5.74) is 1.83. The van der Waals surface area contributed by atoms with Crippen LogP contribution in [0.4, 0.5) is 5.69 Å². The van der Waals surface area contributed by atoms with Crippen molar-refractivity contribution in [2.75, 3.05) is 18.6 Å². The molecule has 3 rings (SSSR count). The van der Waals surface area contributed by atoms with E-state index in [-0.39, 0.29) is 12.5 Å². The van der Waals surface area contributed by atoms with Crippen molar-refractivity contribution in [3.8, 4) is 11.8 Å². The molecular weight excluding hydrogens is 414 g/mol. The molecule has 0 aliphatic carbocycles. The maximum atomic E-state index is 13.0. The number of carbonyl (C=O) groups excluding carboxylic acids is 1. The number of nitrogens with zero attached hydrogens (tertiary/aromatic N) is 3. The van der Waals surface area contributed by atoms with E-state index >= 15 is 0 Å². The first-order valence-electron chi connectivity index (χ1n) is 7.71. The van der Waals surface area contributed by atoms with Gasteiger partial charge >= 0.3 is 0 Å².